The number of amides is 2. The largest absolute Gasteiger partial charge is 0.375 e. The van der Waals surface area contributed by atoms with Crippen molar-refractivity contribution in [1.29, 1.82) is 0 Å². The molecule has 0 aliphatic carbocycles. The number of aromatic nitrogens is 1. The highest BCUT2D eigenvalue weighted by molar-refractivity contribution is 7.13. The molecule has 1 aliphatic heterocycles. The molecule has 138 valence electrons. The van der Waals surface area contributed by atoms with Crippen LogP contribution in [0.15, 0.2) is 35.7 Å². The molecule has 2 aromatic rings. The van der Waals surface area contributed by atoms with Gasteiger partial charge in [-0.05, 0) is 44.2 Å². The van der Waals surface area contributed by atoms with Crippen LogP contribution in [0.5, 0.6) is 0 Å². The molecule has 2 amide bonds. The molecule has 3 rings (SSSR count). The Bertz CT molecular complexity index is 747. The minimum atomic E-state index is -0.383. The number of carbonyl (C=O) groups excluding carboxylic acids is 2. The van der Waals surface area contributed by atoms with Crippen molar-refractivity contribution in [3.05, 3.63) is 47.0 Å². The highest BCUT2D eigenvalue weighted by Gasteiger charge is 2.32. The van der Waals surface area contributed by atoms with E-state index in [0.717, 1.165) is 31.4 Å². The summed E-state index contributed by atoms with van der Waals surface area (Å²) in [5, 5.41) is 5.49. The highest BCUT2D eigenvalue weighted by atomic mass is 32.1. The van der Waals surface area contributed by atoms with Gasteiger partial charge in [0.05, 0.1) is 5.69 Å². The van der Waals surface area contributed by atoms with E-state index in [4.69, 9.17) is 5.73 Å². The first kappa shape index (κ1) is 18.4. The van der Waals surface area contributed by atoms with Gasteiger partial charge in [0.2, 0.25) is 5.91 Å². The first-order chi connectivity index (χ1) is 12.6. The van der Waals surface area contributed by atoms with Crippen LogP contribution in [-0.2, 0) is 11.2 Å². The van der Waals surface area contributed by atoms with Crippen LogP contribution in [0.25, 0.3) is 0 Å². The first-order valence-corrected chi connectivity index (χ1v) is 9.87. The summed E-state index contributed by atoms with van der Waals surface area (Å²) in [6.45, 7) is 1.20. The average molecular weight is 372 g/mol. The molecule has 7 heteroatoms. The fourth-order valence-corrected chi connectivity index (χ4v) is 3.83. The van der Waals surface area contributed by atoms with Crippen molar-refractivity contribution >= 4 is 28.3 Å². The van der Waals surface area contributed by atoms with Gasteiger partial charge in [-0.2, -0.15) is 0 Å². The molecule has 1 aliphatic rings. The van der Waals surface area contributed by atoms with E-state index in [2.05, 4.69) is 10.3 Å². The minimum Gasteiger partial charge on any atom is -0.375 e. The topological polar surface area (TPSA) is 88.3 Å². The van der Waals surface area contributed by atoms with Gasteiger partial charge in [0.25, 0.3) is 5.91 Å². The number of thiazole rings is 1. The first-order valence-electron chi connectivity index (χ1n) is 8.99. The van der Waals surface area contributed by atoms with Crippen LogP contribution >= 0.6 is 11.3 Å². The lowest BCUT2D eigenvalue weighted by atomic mass is 10.00. The van der Waals surface area contributed by atoms with Crippen LogP contribution in [0.4, 0.5) is 5.13 Å². The van der Waals surface area contributed by atoms with Crippen LogP contribution in [0.3, 0.4) is 0 Å². The molecule has 26 heavy (non-hydrogen) atoms. The van der Waals surface area contributed by atoms with Crippen molar-refractivity contribution in [1.82, 2.24) is 15.2 Å². The SMILES string of the molecule is Nc1nc(CCCNC(=O)C2CCCCN2C(=O)c2ccccc2)cs1. The summed E-state index contributed by atoms with van der Waals surface area (Å²) in [6, 6.07) is 8.78. The lowest BCUT2D eigenvalue weighted by Crippen LogP contribution is -2.52. The van der Waals surface area contributed by atoms with E-state index in [0.29, 0.717) is 30.2 Å². The third-order valence-corrected chi connectivity index (χ3v) is 5.29. The number of nitrogens with zero attached hydrogens (tertiary/aromatic N) is 2. The van der Waals surface area contributed by atoms with Crippen LogP contribution in [0.1, 0.15) is 41.7 Å². The molecule has 6 nitrogen and oxygen atoms in total. The van der Waals surface area contributed by atoms with Gasteiger partial charge in [-0.15, -0.1) is 11.3 Å². The zero-order valence-corrected chi connectivity index (χ0v) is 15.5. The molecular formula is C19H24N4O2S. The summed E-state index contributed by atoms with van der Waals surface area (Å²) in [7, 11) is 0. The number of nitrogens with two attached hydrogens (primary N) is 1. The second-order valence-corrected chi connectivity index (χ2v) is 7.34. The number of likely N-dealkylation sites (tertiary alicyclic amines) is 1. The molecule has 1 unspecified atom stereocenters. The molecule has 1 saturated heterocycles. The normalized spacial score (nSPS) is 17.1. The molecule has 0 bridgehead atoms. The fourth-order valence-electron chi connectivity index (χ4n) is 3.23. The monoisotopic (exact) mass is 372 g/mol. The Kier molecular flexibility index (Phi) is 6.22. The van der Waals surface area contributed by atoms with Crippen LogP contribution in [0.2, 0.25) is 0 Å². The van der Waals surface area contributed by atoms with Gasteiger partial charge in [0.15, 0.2) is 5.13 Å². The van der Waals surface area contributed by atoms with Crippen molar-refractivity contribution in [2.45, 2.75) is 38.1 Å². The zero-order chi connectivity index (χ0) is 18.4. The van der Waals surface area contributed by atoms with Crippen LogP contribution in [-0.4, -0.2) is 40.8 Å². The van der Waals surface area contributed by atoms with E-state index in [9.17, 15) is 9.59 Å². The van der Waals surface area contributed by atoms with Gasteiger partial charge in [-0.3, -0.25) is 9.59 Å². The van der Waals surface area contributed by atoms with Gasteiger partial charge < -0.3 is 16.0 Å². The van der Waals surface area contributed by atoms with E-state index in [1.165, 1.54) is 11.3 Å². The molecule has 2 heterocycles. The summed E-state index contributed by atoms with van der Waals surface area (Å²) in [5.41, 5.74) is 7.21. The number of nitrogen functional groups attached to an aromatic ring is 1. The predicted molar refractivity (Wildman–Crippen MR) is 103 cm³/mol. The standard InChI is InChI=1S/C19H24N4O2S/c20-19-22-15(13-26-19)9-6-11-21-17(24)16-10-4-5-12-23(16)18(25)14-7-2-1-3-8-14/h1-3,7-8,13,16H,4-6,9-12H2,(H2,20,22)(H,21,24). The van der Waals surface area contributed by atoms with Gasteiger partial charge >= 0.3 is 0 Å². The fraction of sp³-hybridized carbons (Fsp3) is 0.421. The molecule has 0 saturated carbocycles. The van der Waals surface area contributed by atoms with E-state index >= 15 is 0 Å². The quantitative estimate of drug-likeness (QED) is 0.763. The van der Waals surface area contributed by atoms with E-state index in [1.54, 1.807) is 17.0 Å². The molecule has 1 aromatic carbocycles. The molecule has 1 fully saturated rings. The molecule has 0 radical (unpaired) electrons. The number of benzene rings is 1. The number of hydrogen-bond acceptors (Lipinski definition) is 5. The number of anilines is 1. The Labute approximate surface area is 157 Å². The Morgan fingerprint density at radius 3 is 2.81 bits per heavy atom. The minimum absolute atomic E-state index is 0.0632. The second-order valence-electron chi connectivity index (χ2n) is 6.45. The number of carbonyl (C=O) groups is 2. The van der Waals surface area contributed by atoms with Crippen LogP contribution < -0.4 is 11.1 Å². The number of rotatable bonds is 6. The van der Waals surface area contributed by atoms with Crippen molar-refractivity contribution in [3.8, 4) is 0 Å². The Morgan fingerprint density at radius 2 is 2.08 bits per heavy atom. The molecule has 1 atom stereocenters. The lowest BCUT2D eigenvalue weighted by Gasteiger charge is -2.34. The summed E-state index contributed by atoms with van der Waals surface area (Å²) in [5.74, 6) is -0.129. The van der Waals surface area contributed by atoms with Gasteiger partial charge in [-0.1, -0.05) is 18.2 Å². The number of nitrogens with one attached hydrogen (secondary N) is 1. The van der Waals surface area contributed by atoms with Crippen molar-refractivity contribution in [2.75, 3.05) is 18.8 Å². The maximum Gasteiger partial charge on any atom is 0.254 e. The molecule has 3 N–H and O–H groups in total. The Balaban J connectivity index is 1.53. The number of piperidine rings is 1. The van der Waals surface area contributed by atoms with Crippen molar-refractivity contribution < 1.29 is 9.59 Å². The third-order valence-electron chi connectivity index (χ3n) is 4.57. The summed E-state index contributed by atoms with van der Waals surface area (Å²) < 4.78 is 0. The molecule has 0 spiro atoms. The predicted octanol–water partition coefficient (Wildman–Crippen LogP) is 2.47. The van der Waals surface area contributed by atoms with Crippen molar-refractivity contribution in [3.63, 3.8) is 0 Å². The number of aryl methyl sites for hydroxylation is 1. The maximum absolute atomic E-state index is 12.8. The van der Waals surface area contributed by atoms with Gasteiger partial charge in [-0.25, -0.2) is 4.98 Å². The smallest absolute Gasteiger partial charge is 0.254 e. The van der Waals surface area contributed by atoms with Crippen LogP contribution in [0, 0.1) is 0 Å². The average Bonchev–Trinajstić information content (AvgIpc) is 3.10. The van der Waals surface area contributed by atoms with Crippen molar-refractivity contribution in [2.24, 2.45) is 0 Å². The Morgan fingerprint density at radius 1 is 1.27 bits per heavy atom. The van der Waals surface area contributed by atoms with E-state index in [1.807, 2.05) is 23.6 Å². The summed E-state index contributed by atoms with van der Waals surface area (Å²) in [6.07, 6.45) is 4.20. The van der Waals surface area contributed by atoms with Gasteiger partial charge in [0.1, 0.15) is 6.04 Å². The van der Waals surface area contributed by atoms with E-state index in [-0.39, 0.29) is 17.9 Å². The third kappa shape index (κ3) is 4.60. The second kappa shape index (κ2) is 8.80. The highest BCUT2D eigenvalue weighted by Crippen LogP contribution is 2.20. The maximum atomic E-state index is 12.8. The summed E-state index contributed by atoms with van der Waals surface area (Å²) >= 11 is 1.43. The number of hydrogen-bond donors (Lipinski definition) is 2. The summed E-state index contributed by atoms with van der Waals surface area (Å²) in [4.78, 5) is 31.3. The van der Waals surface area contributed by atoms with Gasteiger partial charge in [0, 0.05) is 24.0 Å². The zero-order valence-electron chi connectivity index (χ0n) is 14.7. The lowest BCUT2D eigenvalue weighted by molar-refractivity contribution is -0.126. The Hall–Kier alpha value is -2.41. The molecular weight excluding hydrogens is 348 g/mol. The van der Waals surface area contributed by atoms with E-state index < -0.39 is 0 Å². The molecule has 1 aromatic heterocycles.